The van der Waals surface area contributed by atoms with E-state index in [-0.39, 0.29) is 11.8 Å². The Morgan fingerprint density at radius 3 is 2.58 bits per heavy atom. The Morgan fingerprint density at radius 2 is 1.88 bits per heavy atom. The lowest BCUT2D eigenvalue weighted by molar-refractivity contribution is -0.116. The number of aryl methyl sites for hydroxylation is 1. The summed E-state index contributed by atoms with van der Waals surface area (Å²) in [4.78, 5) is 18.5. The van der Waals surface area contributed by atoms with Gasteiger partial charge in [0.25, 0.3) is 5.95 Å². The number of carbonyl (C=O) groups excluding carboxylic acids is 1. The van der Waals surface area contributed by atoms with E-state index < -0.39 is 0 Å². The van der Waals surface area contributed by atoms with Crippen molar-refractivity contribution in [2.75, 3.05) is 18.7 Å². The van der Waals surface area contributed by atoms with Crippen LogP contribution in [0.3, 0.4) is 0 Å². The van der Waals surface area contributed by atoms with Crippen LogP contribution in [0.4, 0.5) is 5.82 Å². The van der Waals surface area contributed by atoms with Crippen LogP contribution in [0.2, 0.25) is 0 Å². The van der Waals surface area contributed by atoms with E-state index in [2.05, 4.69) is 49.9 Å². The van der Waals surface area contributed by atoms with Crippen molar-refractivity contribution in [1.82, 2.24) is 25.0 Å². The van der Waals surface area contributed by atoms with Gasteiger partial charge in [-0.15, -0.1) is 16.9 Å². The number of fused-ring (bicyclic) bond motifs is 1. The average Bonchev–Trinajstić information content (AvgIpc) is 3.19. The van der Waals surface area contributed by atoms with Gasteiger partial charge in [-0.25, -0.2) is 4.98 Å². The zero-order valence-electron chi connectivity index (χ0n) is 18.4. The van der Waals surface area contributed by atoms with Crippen molar-refractivity contribution in [2.45, 2.75) is 24.2 Å². The highest BCUT2D eigenvalue weighted by molar-refractivity contribution is 7.98. The standard InChI is InChI=1S/C24H22N6O2S/c1-14-22-19(15-6-10-18(33-3)11-7-15)12-21(31)27-23(22)30(29-14)24-26-20(13-25-28-24)16-4-8-17(32-2)9-5-16/h4-11,13,19H,12H2,1-3H3,(H,27,31)/t19-/m1/s1. The molecule has 5 rings (SSSR count). The zero-order valence-corrected chi connectivity index (χ0v) is 19.3. The predicted octanol–water partition coefficient (Wildman–Crippen LogP) is 4.24. The van der Waals surface area contributed by atoms with Crippen molar-refractivity contribution in [3.8, 4) is 23.0 Å². The Labute approximate surface area is 195 Å². The maximum Gasteiger partial charge on any atom is 0.272 e. The highest BCUT2D eigenvalue weighted by Crippen LogP contribution is 2.40. The summed E-state index contributed by atoms with van der Waals surface area (Å²) in [5, 5.41) is 16.0. The Balaban J connectivity index is 1.56. The molecule has 166 valence electrons. The second kappa shape index (κ2) is 8.67. The van der Waals surface area contributed by atoms with Crippen LogP contribution in [0.5, 0.6) is 5.75 Å². The molecule has 8 nitrogen and oxygen atoms in total. The number of nitrogens with one attached hydrogen (secondary N) is 1. The molecule has 4 aromatic rings. The number of aromatic nitrogens is 5. The SMILES string of the molecule is COc1ccc(-c2cnnc(-n3nc(C)c4c3NC(=O)C[C@@H]4c3ccc(SC)cc3)n2)cc1. The molecule has 2 aromatic heterocycles. The Kier molecular flexibility index (Phi) is 5.55. The van der Waals surface area contributed by atoms with Gasteiger partial charge in [0.2, 0.25) is 5.91 Å². The summed E-state index contributed by atoms with van der Waals surface area (Å²) in [7, 11) is 1.63. The molecule has 1 aliphatic rings. The lowest BCUT2D eigenvalue weighted by atomic mass is 9.86. The maximum atomic E-state index is 12.6. The van der Waals surface area contributed by atoms with Gasteiger partial charge in [0, 0.05) is 28.4 Å². The number of amides is 1. The summed E-state index contributed by atoms with van der Waals surface area (Å²) >= 11 is 1.69. The Hall–Kier alpha value is -3.72. The maximum absolute atomic E-state index is 12.6. The van der Waals surface area contributed by atoms with E-state index in [1.807, 2.05) is 37.4 Å². The fourth-order valence-electron chi connectivity index (χ4n) is 4.10. The smallest absolute Gasteiger partial charge is 0.272 e. The molecule has 0 bridgehead atoms. The summed E-state index contributed by atoms with van der Waals surface area (Å²) in [6, 6.07) is 15.9. The summed E-state index contributed by atoms with van der Waals surface area (Å²) in [6.07, 6.45) is 4.01. The fourth-order valence-corrected chi connectivity index (χ4v) is 4.51. The molecule has 0 radical (unpaired) electrons. The first kappa shape index (κ1) is 21.1. The molecule has 1 N–H and O–H groups in total. The number of methoxy groups -OCH3 is 1. The molecular weight excluding hydrogens is 436 g/mol. The second-order valence-electron chi connectivity index (χ2n) is 7.71. The highest BCUT2D eigenvalue weighted by Gasteiger charge is 2.33. The monoisotopic (exact) mass is 458 g/mol. The van der Waals surface area contributed by atoms with E-state index in [9.17, 15) is 4.79 Å². The van der Waals surface area contributed by atoms with Gasteiger partial charge in [0.15, 0.2) is 0 Å². The molecule has 0 fully saturated rings. The second-order valence-corrected chi connectivity index (χ2v) is 8.59. The van der Waals surface area contributed by atoms with Crippen molar-refractivity contribution in [2.24, 2.45) is 0 Å². The normalized spacial score (nSPS) is 15.1. The van der Waals surface area contributed by atoms with E-state index in [1.165, 1.54) is 4.90 Å². The summed E-state index contributed by atoms with van der Waals surface area (Å²) in [6.45, 7) is 1.94. The largest absolute Gasteiger partial charge is 0.497 e. The molecule has 0 saturated carbocycles. The minimum Gasteiger partial charge on any atom is -0.497 e. The van der Waals surface area contributed by atoms with Crippen LogP contribution in [0.1, 0.15) is 29.2 Å². The van der Waals surface area contributed by atoms with Gasteiger partial charge < -0.3 is 10.1 Å². The van der Waals surface area contributed by atoms with Crippen LogP contribution in [-0.4, -0.2) is 44.2 Å². The predicted molar refractivity (Wildman–Crippen MR) is 127 cm³/mol. The Bertz CT molecular complexity index is 1320. The van der Waals surface area contributed by atoms with Crippen molar-refractivity contribution in [1.29, 1.82) is 0 Å². The third kappa shape index (κ3) is 3.95. The molecule has 1 atom stereocenters. The number of ether oxygens (including phenoxy) is 1. The Morgan fingerprint density at radius 1 is 1.12 bits per heavy atom. The van der Waals surface area contributed by atoms with Gasteiger partial charge in [-0.1, -0.05) is 12.1 Å². The molecule has 33 heavy (non-hydrogen) atoms. The first-order valence-electron chi connectivity index (χ1n) is 10.4. The number of rotatable bonds is 5. The van der Waals surface area contributed by atoms with Crippen LogP contribution in [-0.2, 0) is 4.79 Å². The quantitative estimate of drug-likeness (QED) is 0.447. The number of carbonyl (C=O) groups is 1. The van der Waals surface area contributed by atoms with Gasteiger partial charge in [-0.3, -0.25) is 4.79 Å². The number of nitrogens with zero attached hydrogens (tertiary/aromatic N) is 5. The minimum absolute atomic E-state index is 0.0677. The molecular formula is C24H22N6O2S. The number of thioether (sulfide) groups is 1. The molecule has 0 spiro atoms. The fraction of sp³-hybridized carbons (Fsp3) is 0.208. The zero-order chi connectivity index (χ0) is 22.9. The van der Waals surface area contributed by atoms with E-state index >= 15 is 0 Å². The van der Waals surface area contributed by atoms with Crippen LogP contribution in [0.25, 0.3) is 17.2 Å². The van der Waals surface area contributed by atoms with E-state index in [0.717, 1.165) is 28.1 Å². The van der Waals surface area contributed by atoms with Gasteiger partial charge in [0.1, 0.15) is 11.6 Å². The first-order valence-corrected chi connectivity index (χ1v) is 11.7. The molecule has 1 aliphatic heterocycles. The van der Waals surface area contributed by atoms with Gasteiger partial charge in [-0.05, 0) is 55.1 Å². The number of hydrogen-bond donors (Lipinski definition) is 1. The molecule has 2 aromatic carbocycles. The third-order valence-corrected chi connectivity index (χ3v) is 6.49. The van der Waals surface area contributed by atoms with Crippen molar-refractivity contribution in [3.05, 3.63) is 71.5 Å². The number of hydrogen-bond acceptors (Lipinski definition) is 7. The highest BCUT2D eigenvalue weighted by atomic mass is 32.2. The molecule has 0 unspecified atom stereocenters. The summed E-state index contributed by atoms with van der Waals surface area (Å²) in [5.74, 6) is 1.50. The van der Waals surface area contributed by atoms with E-state index in [1.54, 1.807) is 29.8 Å². The third-order valence-electron chi connectivity index (χ3n) is 5.74. The number of benzene rings is 2. The lowest BCUT2D eigenvalue weighted by Crippen LogP contribution is -2.25. The summed E-state index contributed by atoms with van der Waals surface area (Å²) < 4.78 is 6.80. The van der Waals surface area contributed by atoms with Gasteiger partial charge in [-0.2, -0.15) is 14.9 Å². The molecule has 0 saturated heterocycles. The van der Waals surface area contributed by atoms with Crippen LogP contribution in [0.15, 0.2) is 59.6 Å². The molecule has 1 amide bonds. The molecule has 3 heterocycles. The van der Waals surface area contributed by atoms with Gasteiger partial charge >= 0.3 is 0 Å². The molecule has 9 heteroatoms. The average molecular weight is 459 g/mol. The first-order chi connectivity index (χ1) is 16.1. The van der Waals surface area contributed by atoms with E-state index in [0.29, 0.717) is 23.9 Å². The topological polar surface area (TPSA) is 94.8 Å². The summed E-state index contributed by atoms with van der Waals surface area (Å²) in [5.41, 5.74) is 4.40. The van der Waals surface area contributed by atoms with E-state index in [4.69, 9.17) is 4.74 Å². The van der Waals surface area contributed by atoms with Gasteiger partial charge in [0.05, 0.1) is 24.7 Å². The van der Waals surface area contributed by atoms with Crippen LogP contribution >= 0.6 is 11.8 Å². The van der Waals surface area contributed by atoms with Crippen LogP contribution < -0.4 is 10.1 Å². The van der Waals surface area contributed by atoms with Crippen molar-refractivity contribution >= 4 is 23.5 Å². The minimum atomic E-state index is -0.0869. The lowest BCUT2D eigenvalue weighted by Gasteiger charge is -2.24. The number of anilines is 1. The van der Waals surface area contributed by atoms with Crippen molar-refractivity contribution < 1.29 is 9.53 Å². The van der Waals surface area contributed by atoms with Crippen molar-refractivity contribution in [3.63, 3.8) is 0 Å². The molecule has 0 aliphatic carbocycles. The van der Waals surface area contributed by atoms with Crippen LogP contribution in [0, 0.1) is 6.92 Å².